The predicted molar refractivity (Wildman–Crippen MR) is 82.7 cm³/mol. The van der Waals surface area contributed by atoms with Gasteiger partial charge in [0.15, 0.2) is 0 Å². The van der Waals surface area contributed by atoms with Crippen LogP contribution in [0.15, 0.2) is 0 Å². The Hall–Kier alpha value is -1.26. The lowest BCUT2D eigenvalue weighted by Gasteiger charge is -2.07. The van der Waals surface area contributed by atoms with Gasteiger partial charge in [0, 0.05) is 26.1 Å². The zero-order valence-electron chi connectivity index (χ0n) is 13.1. The first-order valence-corrected chi connectivity index (χ1v) is 7.99. The van der Waals surface area contributed by atoms with Gasteiger partial charge < -0.3 is 16.0 Å². The molecule has 0 aromatic carbocycles. The van der Waals surface area contributed by atoms with Gasteiger partial charge in [-0.2, -0.15) is 0 Å². The van der Waals surface area contributed by atoms with Gasteiger partial charge in [-0.05, 0) is 12.8 Å². The number of urea groups is 1. The van der Waals surface area contributed by atoms with E-state index in [1.54, 1.807) is 0 Å². The summed E-state index contributed by atoms with van der Waals surface area (Å²) in [5.41, 5.74) is 0. The number of hydrogen-bond acceptors (Lipinski definition) is 2. The molecule has 5 heteroatoms. The molecule has 20 heavy (non-hydrogen) atoms. The zero-order valence-corrected chi connectivity index (χ0v) is 13.1. The number of unbranched alkanes of at least 4 members (excludes halogenated alkanes) is 5. The molecule has 0 aliphatic heterocycles. The van der Waals surface area contributed by atoms with Gasteiger partial charge in [-0.3, -0.25) is 4.79 Å². The van der Waals surface area contributed by atoms with E-state index in [9.17, 15) is 9.59 Å². The fourth-order valence-corrected chi connectivity index (χ4v) is 1.81. The van der Waals surface area contributed by atoms with Crippen molar-refractivity contribution in [2.75, 3.05) is 19.6 Å². The second-order valence-electron chi connectivity index (χ2n) is 5.05. The largest absolute Gasteiger partial charge is 0.356 e. The summed E-state index contributed by atoms with van der Waals surface area (Å²) >= 11 is 0. The van der Waals surface area contributed by atoms with Crippen molar-refractivity contribution < 1.29 is 9.59 Å². The number of carbonyl (C=O) groups excluding carboxylic acids is 2. The third-order valence-corrected chi connectivity index (χ3v) is 3.03. The Morgan fingerprint density at radius 1 is 0.700 bits per heavy atom. The third kappa shape index (κ3) is 13.2. The van der Waals surface area contributed by atoms with Gasteiger partial charge in [-0.1, -0.05) is 46.0 Å². The maximum absolute atomic E-state index is 11.5. The van der Waals surface area contributed by atoms with Crippen LogP contribution in [-0.4, -0.2) is 31.6 Å². The highest BCUT2D eigenvalue weighted by Crippen LogP contribution is 2.03. The second-order valence-corrected chi connectivity index (χ2v) is 5.05. The standard InChI is InChI=1S/C15H31N3O2/c1-3-5-6-7-8-9-12-16-14(19)10-13-18-15(20)17-11-4-2/h3-13H2,1-2H3,(H,16,19)(H2,17,18,20). The van der Waals surface area contributed by atoms with Crippen LogP contribution in [0, 0.1) is 0 Å². The average molecular weight is 285 g/mol. The molecule has 0 spiro atoms. The molecule has 5 nitrogen and oxygen atoms in total. The van der Waals surface area contributed by atoms with Crippen molar-refractivity contribution >= 4 is 11.9 Å². The first-order chi connectivity index (χ1) is 9.70. The van der Waals surface area contributed by atoms with Crippen molar-refractivity contribution in [3.05, 3.63) is 0 Å². The summed E-state index contributed by atoms with van der Waals surface area (Å²) in [7, 11) is 0. The van der Waals surface area contributed by atoms with Crippen LogP contribution in [0.25, 0.3) is 0 Å². The molecule has 0 unspecified atom stereocenters. The third-order valence-electron chi connectivity index (χ3n) is 3.03. The van der Waals surface area contributed by atoms with Crippen LogP contribution in [0.4, 0.5) is 4.79 Å². The highest BCUT2D eigenvalue weighted by Gasteiger charge is 2.02. The van der Waals surface area contributed by atoms with E-state index in [2.05, 4.69) is 22.9 Å². The maximum atomic E-state index is 11.5. The van der Waals surface area contributed by atoms with Gasteiger partial charge in [-0.25, -0.2) is 4.79 Å². The smallest absolute Gasteiger partial charge is 0.314 e. The van der Waals surface area contributed by atoms with Crippen molar-refractivity contribution in [3.8, 4) is 0 Å². The molecule has 0 heterocycles. The van der Waals surface area contributed by atoms with Gasteiger partial charge in [0.1, 0.15) is 0 Å². The average Bonchev–Trinajstić information content (AvgIpc) is 2.44. The van der Waals surface area contributed by atoms with E-state index in [-0.39, 0.29) is 11.9 Å². The van der Waals surface area contributed by atoms with Crippen LogP contribution < -0.4 is 16.0 Å². The van der Waals surface area contributed by atoms with E-state index >= 15 is 0 Å². The van der Waals surface area contributed by atoms with Gasteiger partial charge in [0.2, 0.25) is 5.91 Å². The van der Waals surface area contributed by atoms with Gasteiger partial charge >= 0.3 is 6.03 Å². The van der Waals surface area contributed by atoms with Crippen LogP contribution >= 0.6 is 0 Å². The Kier molecular flexibility index (Phi) is 13.3. The molecule has 0 saturated carbocycles. The Labute approximate surface area is 123 Å². The number of amides is 3. The summed E-state index contributed by atoms with van der Waals surface area (Å²) in [6, 6.07) is -0.199. The van der Waals surface area contributed by atoms with Crippen LogP contribution in [0.5, 0.6) is 0 Å². The van der Waals surface area contributed by atoms with Crippen LogP contribution in [0.2, 0.25) is 0 Å². The van der Waals surface area contributed by atoms with Crippen molar-refractivity contribution in [2.24, 2.45) is 0 Å². The lowest BCUT2D eigenvalue weighted by atomic mass is 10.1. The van der Waals surface area contributed by atoms with E-state index in [0.29, 0.717) is 19.5 Å². The molecular formula is C15H31N3O2. The fraction of sp³-hybridized carbons (Fsp3) is 0.867. The van der Waals surface area contributed by atoms with Gasteiger partial charge in [0.05, 0.1) is 0 Å². The molecule has 0 saturated heterocycles. The molecule has 0 fully saturated rings. The molecule has 118 valence electrons. The van der Waals surface area contributed by atoms with Gasteiger partial charge in [-0.15, -0.1) is 0 Å². The summed E-state index contributed by atoms with van der Waals surface area (Å²) < 4.78 is 0. The molecule has 0 radical (unpaired) electrons. The highest BCUT2D eigenvalue weighted by atomic mass is 16.2. The SMILES string of the molecule is CCCCCCCCNC(=O)CCNC(=O)NCCC. The monoisotopic (exact) mass is 285 g/mol. The van der Waals surface area contributed by atoms with E-state index < -0.39 is 0 Å². The number of rotatable bonds is 12. The molecule has 0 aliphatic carbocycles. The van der Waals surface area contributed by atoms with Gasteiger partial charge in [0.25, 0.3) is 0 Å². The molecule has 0 aromatic heterocycles. The molecular weight excluding hydrogens is 254 g/mol. The molecule has 0 aromatic rings. The normalized spacial score (nSPS) is 10.1. The van der Waals surface area contributed by atoms with E-state index in [0.717, 1.165) is 19.4 Å². The Balaban J connectivity index is 3.30. The van der Waals surface area contributed by atoms with E-state index in [1.165, 1.54) is 32.1 Å². The maximum Gasteiger partial charge on any atom is 0.314 e. The Morgan fingerprint density at radius 3 is 2.05 bits per heavy atom. The second kappa shape index (κ2) is 14.2. The molecule has 0 rings (SSSR count). The number of carbonyl (C=O) groups is 2. The van der Waals surface area contributed by atoms with Crippen molar-refractivity contribution in [1.29, 1.82) is 0 Å². The summed E-state index contributed by atoms with van der Waals surface area (Å²) in [6.45, 7) is 5.99. The quantitative estimate of drug-likeness (QED) is 0.482. The summed E-state index contributed by atoms with van der Waals surface area (Å²) in [5, 5.41) is 8.24. The summed E-state index contributed by atoms with van der Waals surface area (Å²) in [4.78, 5) is 22.7. The minimum atomic E-state index is -0.199. The molecule has 0 atom stereocenters. The topological polar surface area (TPSA) is 70.2 Å². The zero-order chi connectivity index (χ0) is 15.1. The molecule has 3 N–H and O–H groups in total. The van der Waals surface area contributed by atoms with Crippen molar-refractivity contribution in [2.45, 2.75) is 65.2 Å². The van der Waals surface area contributed by atoms with E-state index in [1.807, 2.05) is 6.92 Å². The number of hydrogen-bond donors (Lipinski definition) is 3. The molecule has 0 bridgehead atoms. The van der Waals surface area contributed by atoms with Crippen LogP contribution in [-0.2, 0) is 4.79 Å². The van der Waals surface area contributed by atoms with E-state index in [4.69, 9.17) is 0 Å². The first kappa shape index (κ1) is 18.7. The highest BCUT2D eigenvalue weighted by molar-refractivity contribution is 5.78. The first-order valence-electron chi connectivity index (χ1n) is 7.99. The van der Waals surface area contributed by atoms with Crippen molar-refractivity contribution in [3.63, 3.8) is 0 Å². The summed E-state index contributed by atoms with van der Waals surface area (Å²) in [5.74, 6) is 0.00866. The van der Waals surface area contributed by atoms with Crippen molar-refractivity contribution in [1.82, 2.24) is 16.0 Å². The number of nitrogens with one attached hydrogen (secondary N) is 3. The minimum Gasteiger partial charge on any atom is -0.356 e. The summed E-state index contributed by atoms with van der Waals surface area (Å²) in [6.07, 6.45) is 8.58. The van der Waals surface area contributed by atoms with Crippen LogP contribution in [0.3, 0.4) is 0 Å². The lowest BCUT2D eigenvalue weighted by Crippen LogP contribution is -2.38. The Bertz CT molecular complexity index is 258. The minimum absolute atomic E-state index is 0.00866. The molecule has 3 amide bonds. The predicted octanol–water partition coefficient (Wildman–Crippen LogP) is 2.56. The molecule has 0 aliphatic rings. The fourth-order valence-electron chi connectivity index (χ4n) is 1.81. The Morgan fingerprint density at radius 2 is 1.35 bits per heavy atom. The van der Waals surface area contributed by atoms with Crippen LogP contribution in [0.1, 0.15) is 65.2 Å². The lowest BCUT2D eigenvalue weighted by molar-refractivity contribution is -0.120.